The first-order valence-electron chi connectivity index (χ1n) is 6.48. The number of hydrogen-bond donors (Lipinski definition) is 0. The topological polar surface area (TPSA) is 52.6 Å². The molecular formula is C16H20O4. The number of esters is 2. The SMILES string of the molecule is CC(C)(C)OC(=O)CCOC(=O)C=Cc1ccccc1. The molecule has 0 aromatic heterocycles. The zero-order valence-electron chi connectivity index (χ0n) is 12.1. The molecule has 0 aliphatic heterocycles. The molecule has 0 heterocycles. The van der Waals surface area contributed by atoms with Crippen LogP contribution in [0.5, 0.6) is 0 Å². The van der Waals surface area contributed by atoms with Crippen molar-refractivity contribution >= 4 is 18.0 Å². The van der Waals surface area contributed by atoms with Crippen molar-refractivity contribution in [2.45, 2.75) is 32.8 Å². The first-order chi connectivity index (χ1) is 9.37. The zero-order chi connectivity index (χ0) is 15.0. The minimum absolute atomic E-state index is 0.0207. The maximum atomic E-state index is 11.4. The fourth-order valence-corrected chi connectivity index (χ4v) is 1.40. The molecule has 108 valence electrons. The average Bonchev–Trinajstić information content (AvgIpc) is 2.35. The fraction of sp³-hybridized carbons (Fsp3) is 0.375. The molecule has 1 rings (SSSR count). The van der Waals surface area contributed by atoms with Crippen molar-refractivity contribution in [1.82, 2.24) is 0 Å². The summed E-state index contributed by atoms with van der Waals surface area (Å²) in [4.78, 5) is 22.8. The molecule has 0 radical (unpaired) electrons. The number of carbonyl (C=O) groups excluding carboxylic acids is 2. The molecule has 0 fully saturated rings. The van der Waals surface area contributed by atoms with Crippen LogP contribution in [0.2, 0.25) is 0 Å². The second-order valence-corrected chi connectivity index (χ2v) is 5.25. The van der Waals surface area contributed by atoms with Gasteiger partial charge in [0.25, 0.3) is 0 Å². The summed E-state index contributed by atoms with van der Waals surface area (Å²) in [6.45, 7) is 5.39. The lowest BCUT2D eigenvalue weighted by molar-refractivity contribution is -0.156. The van der Waals surface area contributed by atoms with Gasteiger partial charge in [0.15, 0.2) is 0 Å². The number of benzene rings is 1. The summed E-state index contributed by atoms with van der Waals surface area (Å²) in [5, 5.41) is 0. The molecule has 0 amide bonds. The summed E-state index contributed by atoms with van der Waals surface area (Å²) in [5.74, 6) is -0.852. The summed E-state index contributed by atoms with van der Waals surface area (Å²) in [7, 11) is 0. The molecule has 20 heavy (non-hydrogen) atoms. The Balaban J connectivity index is 2.27. The predicted molar refractivity (Wildman–Crippen MR) is 76.9 cm³/mol. The third kappa shape index (κ3) is 7.36. The molecule has 1 aromatic rings. The molecule has 0 bridgehead atoms. The van der Waals surface area contributed by atoms with Gasteiger partial charge in [0.1, 0.15) is 12.2 Å². The van der Waals surface area contributed by atoms with Crippen LogP contribution in [0.15, 0.2) is 36.4 Å². The number of rotatable bonds is 5. The van der Waals surface area contributed by atoms with Crippen LogP contribution in [0.25, 0.3) is 6.08 Å². The van der Waals surface area contributed by atoms with Gasteiger partial charge in [-0.25, -0.2) is 4.79 Å². The lowest BCUT2D eigenvalue weighted by Crippen LogP contribution is -2.24. The smallest absolute Gasteiger partial charge is 0.330 e. The highest BCUT2D eigenvalue weighted by Gasteiger charge is 2.16. The molecule has 0 atom stereocenters. The molecule has 0 aliphatic rings. The van der Waals surface area contributed by atoms with Gasteiger partial charge in [0.2, 0.25) is 0 Å². The van der Waals surface area contributed by atoms with Crippen molar-refractivity contribution in [1.29, 1.82) is 0 Å². The van der Waals surface area contributed by atoms with Crippen LogP contribution in [0.3, 0.4) is 0 Å². The van der Waals surface area contributed by atoms with E-state index in [0.29, 0.717) is 0 Å². The lowest BCUT2D eigenvalue weighted by Gasteiger charge is -2.19. The van der Waals surface area contributed by atoms with Crippen molar-refractivity contribution in [2.75, 3.05) is 6.61 Å². The summed E-state index contributed by atoms with van der Waals surface area (Å²) >= 11 is 0. The lowest BCUT2D eigenvalue weighted by atomic mass is 10.2. The Kier molecular flexibility index (Phi) is 5.97. The minimum atomic E-state index is -0.520. The van der Waals surface area contributed by atoms with Crippen molar-refractivity contribution in [3.05, 3.63) is 42.0 Å². The van der Waals surface area contributed by atoms with E-state index in [1.807, 2.05) is 30.3 Å². The zero-order valence-corrected chi connectivity index (χ0v) is 12.1. The maximum Gasteiger partial charge on any atom is 0.330 e. The molecule has 0 spiro atoms. The molecule has 1 aromatic carbocycles. The van der Waals surface area contributed by atoms with Gasteiger partial charge in [-0.05, 0) is 32.4 Å². The highest BCUT2D eigenvalue weighted by Crippen LogP contribution is 2.08. The highest BCUT2D eigenvalue weighted by atomic mass is 16.6. The molecule has 0 saturated heterocycles. The molecular weight excluding hydrogens is 256 g/mol. The van der Waals surface area contributed by atoms with Crippen molar-refractivity contribution in [3.8, 4) is 0 Å². The Hall–Kier alpha value is -2.10. The van der Waals surface area contributed by atoms with Crippen molar-refractivity contribution < 1.29 is 19.1 Å². The van der Waals surface area contributed by atoms with E-state index >= 15 is 0 Å². The van der Waals surface area contributed by atoms with Gasteiger partial charge in [-0.1, -0.05) is 30.3 Å². The molecule has 0 unspecified atom stereocenters. The van der Waals surface area contributed by atoms with E-state index in [9.17, 15) is 9.59 Å². The number of ether oxygens (including phenoxy) is 2. The molecule has 0 saturated carbocycles. The third-order valence-corrected chi connectivity index (χ3v) is 2.18. The second kappa shape index (κ2) is 7.48. The second-order valence-electron chi connectivity index (χ2n) is 5.25. The van der Waals surface area contributed by atoms with Crippen LogP contribution in [0.1, 0.15) is 32.8 Å². The van der Waals surface area contributed by atoms with Crippen LogP contribution in [0.4, 0.5) is 0 Å². The Morgan fingerprint density at radius 1 is 1.15 bits per heavy atom. The number of carbonyl (C=O) groups is 2. The van der Waals surface area contributed by atoms with Crippen molar-refractivity contribution in [3.63, 3.8) is 0 Å². The van der Waals surface area contributed by atoms with E-state index in [0.717, 1.165) is 5.56 Å². The first-order valence-corrected chi connectivity index (χ1v) is 6.48. The normalized spacial score (nSPS) is 11.3. The van der Waals surface area contributed by atoms with Gasteiger partial charge >= 0.3 is 11.9 Å². The minimum Gasteiger partial charge on any atom is -0.462 e. The average molecular weight is 276 g/mol. The quantitative estimate of drug-likeness (QED) is 0.613. The van der Waals surface area contributed by atoms with Crippen LogP contribution in [0, 0.1) is 0 Å². The van der Waals surface area contributed by atoms with Crippen LogP contribution >= 0.6 is 0 Å². The molecule has 0 N–H and O–H groups in total. The summed E-state index contributed by atoms with van der Waals surface area (Å²) in [6, 6.07) is 9.42. The third-order valence-electron chi connectivity index (χ3n) is 2.18. The van der Waals surface area contributed by atoms with Crippen LogP contribution < -0.4 is 0 Å². The predicted octanol–water partition coefficient (Wildman–Crippen LogP) is 2.97. The van der Waals surface area contributed by atoms with E-state index in [1.54, 1.807) is 26.8 Å². The molecule has 4 heteroatoms. The Morgan fingerprint density at radius 3 is 2.40 bits per heavy atom. The summed E-state index contributed by atoms with van der Waals surface area (Å²) < 4.78 is 10.0. The van der Waals surface area contributed by atoms with E-state index < -0.39 is 11.6 Å². The summed E-state index contributed by atoms with van der Waals surface area (Å²) in [5.41, 5.74) is 0.394. The Bertz CT molecular complexity index is 469. The van der Waals surface area contributed by atoms with Gasteiger partial charge in [0.05, 0.1) is 6.42 Å². The van der Waals surface area contributed by atoms with Gasteiger partial charge in [-0.15, -0.1) is 0 Å². The largest absolute Gasteiger partial charge is 0.462 e. The maximum absolute atomic E-state index is 11.4. The van der Waals surface area contributed by atoms with Gasteiger partial charge < -0.3 is 9.47 Å². The van der Waals surface area contributed by atoms with Crippen LogP contribution in [-0.2, 0) is 19.1 Å². The first kappa shape index (κ1) is 16.0. The van der Waals surface area contributed by atoms with Gasteiger partial charge in [-0.2, -0.15) is 0 Å². The standard InChI is InChI=1S/C16H20O4/c1-16(2,3)20-15(18)11-12-19-14(17)10-9-13-7-5-4-6-8-13/h4-10H,11-12H2,1-3H3. The highest BCUT2D eigenvalue weighted by molar-refractivity contribution is 5.87. The van der Waals surface area contributed by atoms with E-state index in [-0.39, 0.29) is 19.0 Å². The van der Waals surface area contributed by atoms with Crippen LogP contribution in [-0.4, -0.2) is 24.1 Å². The molecule has 0 aliphatic carbocycles. The Labute approximate surface area is 119 Å². The van der Waals surface area contributed by atoms with Gasteiger partial charge in [0, 0.05) is 6.08 Å². The number of hydrogen-bond acceptors (Lipinski definition) is 4. The van der Waals surface area contributed by atoms with E-state index in [2.05, 4.69) is 0 Å². The molecule has 4 nitrogen and oxygen atoms in total. The summed E-state index contributed by atoms with van der Waals surface area (Å²) in [6.07, 6.45) is 3.06. The van der Waals surface area contributed by atoms with E-state index in [1.165, 1.54) is 6.08 Å². The van der Waals surface area contributed by atoms with E-state index in [4.69, 9.17) is 9.47 Å². The fourth-order valence-electron chi connectivity index (χ4n) is 1.40. The monoisotopic (exact) mass is 276 g/mol. The Morgan fingerprint density at radius 2 is 1.80 bits per heavy atom. The van der Waals surface area contributed by atoms with Gasteiger partial charge in [-0.3, -0.25) is 4.79 Å². The van der Waals surface area contributed by atoms with Crippen molar-refractivity contribution in [2.24, 2.45) is 0 Å².